The fourth-order valence-electron chi connectivity index (χ4n) is 2.56. The van der Waals surface area contributed by atoms with Gasteiger partial charge in [0, 0.05) is 24.6 Å². The second-order valence-corrected chi connectivity index (χ2v) is 5.91. The van der Waals surface area contributed by atoms with Crippen molar-refractivity contribution < 1.29 is 23.7 Å². The predicted molar refractivity (Wildman–Crippen MR) is 79.5 cm³/mol. The maximum absolute atomic E-state index is 6.11. The molecule has 0 saturated carbocycles. The molecule has 0 bridgehead atoms. The van der Waals surface area contributed by atoms with Gasteiger partial charge in [0.1, 0.15) is 0 Å². The van der Waals surface area contributed by atoms with E-state index in [1.807, 2.05) is 0 Å². The average molecular weight is 343 g/mol. The number of rotatable bonds is 8. The molecule has 0 aromatic rings. The second-order valence-electron chi connectivity index (χ2n) is 5.15. The van der Waals surface area contributed by atoms with E-state index in [9.17, 15) is 0 Å². The lowest BCUT2D eigenvalue weighted by atomic mass is 10.1. The van der Waals surface area contributed by atoms with Crippen molar-refractivity contribution in [1.29, 1.82) is 0 Å². The quantitative estimate of drug-likeness (QED) is 0.500. The van der Waals surface area contributed by atoms with Gasteiger partial charge in [-0.1, -0.05) is 0 Å². The van der Waals surface area contributed by atoms with Crippen molar-refractivity contribution in [2.75, 3.05) is 38.2 Å². The smallest absolute Gasteiger partial charge is 0.287 e. The number of hydrogen-bond acceptors (Lipinski definition) is 5. The molecule has 7 heteroatoms. The number of halogens is 2. The first kappa shape index (κ1) is 17.7. The van der Waals surface area contributed by atoms with Crippen LogP contribution in [0, 0.1) is 0 Å². The molecule has 2 rings (SSSR count). The zero-order chi connectivity index (χ0) is 15.0. The fourth-order valence-corrected chi connectivity index (χ4v) is 2.71. The summed E-state index contributed by atoms with van der Waals surface area (Å²) in [4.78, 5) is 0. The largest absolute Gasteiger partial charge is 0.327 e. The minimum atomic E-state index is -1.13. The van der Waals surface area contributed by atoms with Crippen LogP contribution in [0.5, 0.6) is 0 Å². The molecule has 2 aliphatic heterocycles. The second kappa shape index (κ2) is 8.87. The summed E-state index contributed by atoms with van der Waals surface area (Å²) in [7, 11) is 0. The van der Waals surface area contributed by atoms with E-state index < -0.39 is 11.9 Å². The van der Waals surface area contributed by atoms with Crippen LogP contribution in [0.25, 0.3) is 0 Å². The Hall–Kier alpha value is 0.380. The highest BCUT2D eigenvalue weighted by Gasteiger charge is 2.47. The van der Waals surface area contributed by atoms with E-state index in [2.05, 4.69) is 0 Å². The van der Waals surface area contributed by atoms with Crippen LogP contribution in [-0.2, 0) is 23.7 Å². The maximum Gasteiger partial charge on any atom is 0.287 e. The Morgan fingerprint density at radius 2 is 1.24 bits per heavy atom. The van der Waals surface area contributed by atoms with Crippen LogP contribution >= 0.6 is 23.2 Å². The molecule has 0 amide bonds. The third-order valence-corrected chi connectivity index (χ3v) is 3.82. The molecule has 2 unspecified atom stereocenters. The molecule has 0 aromatic heterocycles. The summed E-state index contributed by atoms with van der Waals surface area (Å²) in [5.41, 5.74) is 0. The third-order valence-electron chi connectivity index (χ3n) is 3.51. The SMILES string of the molecule is ClCCOC1(OC2(OCCCl)CCCCO2)CCCCO1. The molecule has 21 heavy (non-hydrogen) atoms. The van der Waals surface area contributed by atoms with Gasteiger partial charge in [0.15, 0.2) is 0 Å². The monoisotopic (exact) mass is 342 g/mol. The van der Waals surface area contributed by atoms with E-state index >= 15 is 0 Å². The average Bonchev–Trinajstić information content (AvgIpc) is 2.53. The highest BCUT2D eigenvalue weighted by molar-refractivity contribution is 6.18. The Morgan fingerprint density at radius 3 is 1.57 bits per heavy atom. The van der Waals surface area contributed by atoms with Crippen LogP contribution in [0.1, 0.15) is 38.5 Å². The minimum absolute atomic E-state index is 0.354. The van der Waals surface area contributed by atoms with E-state index in [1.54, 1.807) is 0 Å². The van der Waals surface area contributed by atoms with Gasteiger partial charge in [0.25, 0.3) is 11.9 Å². The Morgan fingerprint density at radius 1 is 0.762 bits per heavy atom. The summed E-state index contributed by atoms with van der Waals surface area (Å²) >= 11 is 11.5. The normalized spacial score (nSPS) is 34.0. The molecular formula is C14H24Cl2O5. The van der Waals surface area contributed by atoms with Gasteiger partial charge in [0.2, 0.25) is 0 Å². The van der Waals surface area contributed by atoms with Gasteiger partial charge in [-0.3, -0.25) is 4.74 Å². The molecule has 0 aliphatic carbocycles. The molecule has 2 atom stereocenters. The van der Waals surface area contributed by atoms with Crippen LogP contribution in [0.4, 0.5) is 0 Å². The molecule has 2 saturated heterocycles. The van der Waals surface area contributed by atoms with E-state index in [1.165, 1.54) is 0 Å². The summed E-state index contributed by atoms with van der Waals surface area (Å²) in [6, 6.07) is 0. The Kier molecular flexibility index (Phi) is 7.49. The van der Waals surface area contributed by atoms with E-state index in [-0.39, 0.29) is 0 Å². The number of alkyl halides is 2. The van der Waals surface area contributed by atoms with Crippen LogP contribution in [0.3, 0.4) is 0 Å². The van der Waals surface area contributed by atoms with Crippen LogP contribution in [0.2, 0.25) is 0 Å². The Bertz CT molecular complexity index is 263. The molecule has 2 heterocycles. The Labute approximate surface area is 136 Å². The van der Waals surface area contributed by atoms with E-state index in [0.717, 1.165) is 25.7 Å². The lowest BCUT2D eigenvalue weighted by molar-refractivity contribution is -0.513. The first-order valence-corrected chi connectivity index (χ1v) is 8.69. The summed E-state index contributed by atoms with van der Waals surface area (Å²) < 4.78 is 29.2. The number of hydrogen-bond donors (Lipinski definition) is 0. The van der Waals surface area contributed by atoms with Gasteiger partial charge in [-0.05, 0) is 25.7 Å². The zero-order valence-corrected chi connectivity index (χ0v) is 13.8. The zero-order valence-electron chi connectivity index (χ0n) is 12.3. The van der Waals surface area contributed by atoms with Gasteiger partial charge >= 0.3 is 0 Å². The Balaban J connectivity index is 2.06. The summed E-state index contributed by atoms with van der Waals surface area (Å²) in [5.74, 6) is -1.50. The molecule has 0 aromatic carbocycles. The van der Waals surface area contributed by atoms with E-state index in [4.69, 9.17) is 46.9 Å². The topological polar surface area (TPSA) is 46.2 Å². The molecule has 2 aliphatic rings. The van der Waals surface area contributed by atoms with Crippen molar-refractivity contribution in [2.24, 2.45) is 0 Å². The van der Waals surface area contributed by atoms with Gasteiger partial charge < -0.3 is 18.9 Å². The first-order chi connectivity index (χ1) is 10.2. The third kappa shape index (κ3) is 5.20. The predicted octanol–water partition coefficient (Wildman–Crippen LogP) is 3.22. The van der Waals surface area contributed by atoms with Crippen molar-refractivity contribution >= 4 is 23.2 Å². The van der Waals surface area contributed by atoms with Gasteiger partial charge in [-0.25, -0.2) is 0 Å². The van der Waals surface area contributed by atoms with Crippen LogP contribution in [-0.4, -0.2) is 50.1 Å². The van der Waals surface area contributed by atoms with Crippen LogP contribution < -0.4 is 0 Å². The highest BCUT2D eigenvalue weighted by Crippen LogP contribution is 2.37. The minimum Gasteiger partial charge on any atom is -0.327 e. The lowest BCUT2D eigenvalue weighted by Crippen LogP contribution is -2.54. The number of ether oxygens (including phenoxy) is 5. The summed E-state index contributed by atoms with van der Waals surface area (Å²) in [6.45, 7) is 1.89. The fraction of sp³-hybridized carbons (Fsp3) is 1.00. The maximum atomic E-state index is 6.11. The molecule has 2 fully saturated rings. The van der Waals surface area contributed by atoms with Gasteiger partial charge in [-0.15, -0.1) is 23.2 Å². The molecule has 124 valence electrons. The van der Waals surface area contributed by atoms with Gasteiger partial charge in [-0.2, -0.15) is 0 Å². The van der Waals surface area contributed by atoms with E-state index in [0.29, 0.717) is 51.0 Å². The van der Waals surface area contributed by atoms with Crippen molar-refractivity contribution in [2.45, 2.75) is 50.5 Å². The van der Waals surface area contributed by atoms with Crippen molar-refractivity contribution in [3.05, 3.63) is 0 Å². The van der Waals surface area contributed by atoms with Crippen LogP contribution in [0.15, 0.2) is 0 Å². The van der Waals surface area contributed by atoms with Crippen molar-refractivity contribution in [1.82, 2.24) is 0 Å². The molecule has 0 spiro atoms. The summed E-state index contributed by atoms with van der Waals surface area (Å²) in [6.07, 6.45) is 5.19. The molecule has 0 N–H and O–H groups in total. The molecule has 5 nitrogen and oxygen atoms in total. The molecular weight excluding hydrogens is 319 g/mol. The van der Waals surface area contributed by atoms with Crippen molar-refractivity contribution in [3.63, 3.8) is 0 Å². The lowest BCUT2D eigenvalue weighted by Gasteiger charge is -2.44. The first-order valence-electron chi connectivity index (χ1n) is 7.62. The van der Waals surface area contributed by atoms with Gasteiger partial charge in [0.05, 0.1) is 26.4 Å². The molecule has 0 radical (unpaired) electrons. The standard InChI is InChI=1S/C14H24Cl2O5/c15-7-11-19-13(5-1-3-9-17-13)21-14(20-12-8-16)6-2-4-10-18-14/h1-12H2. The highest BCUT2D eigenvalue weighted by atomic mass is 35.5. The van der Waals surface area contributed by atoms with Crippen molar-refractivity contribution in [3.8, 4) is 0 Å². The summed E-state index contributed by atoms with van der Waals surface area (Å²) in [5, 5.41) is 0.